The topological polar surface area (TPSA) is 37.1 Å². The van der Waals surface area contributed by atoms with Gasteiger partial charge in [-0.2, -0.15) is 0 Å². The molecule has 2 aromatic rings. The van der Waals surface area contributed by atoms with E-state index in [2.05, 4.69) is 15.5 Å². The van der Waals surface area contributed by atoms with Crippen LogP contribution in [0, 0.1) is 0 Å². The number of hydrogen-bond donors (Lipinski definition) is 0. The number of rotatable bonds is 2. The molecule has 2 aromatic carbocycles. The fourth-order valence-electron chi connectivity index (χ4n) is 1.90. The van der Waals surface area contributed by atoms with E-state index in [-0.39, 0.29) is 21.6 Å². The Morgan fingerprint density at radius 1 is 0.722 bits per heavy atom. The minimum atomic E-state index is 0. The van der Waals surface area contributed by atoms with Crippen LogP contribution in [0.5, 0.6) is 0 Å². The number of para-hydroxylation sites is 2. The van der Waals surface area contributed by atoms with Crippen molar-refractivity contribution in [2.24, 2.45) is 15.5 Å². The van der Waals surface area contributed by atoms with E-state index in [1.807, 2.05) is 60.7 Å². The zero-order valence-electron chi connectivity index (χ0n) is 9.52. The van der Waals surface area contributed by atoms with Crippen LogP contribution in [-0.2, 0) is 0 Å². The summed E-state index contributed by atoms with van der Waals surface area (Å²) in [4.78, 5) is 0. The van der Waals surface area contributed by atoms with Crippen LogP contribution in [0.25, 0.3) is 0 Å². The van der Waals surface area contributed by atoms with Crippen LogP contribution >= 0.6 is 0 Å². The number of benzene rings is 2. The zero-order valence-corrected chi connectivity index (χ0v) is 11.1. The standard InChI is InChI=1S/C13H11N4.BrH/c1-3-7-12(8-4-1)17(11-14-15-16-17)13-9-5-2-6-10-13;/h1-11H;1H/q+1;/p-1. The maximum Gasteiger partial charge on any atom is 0.250 e. The molecular weight excluding hydrogens is 292 g/mol. The maximum absolute atomic E-state index is 4.25. The second-order valence-corrected chi connectivity index (χ2v) is 3.77. The molecule has 1 aliphatic heterocycles. The summed E-state index contributed by atoms with van der Waals surface area (Å²) in [5.74, 6) is 0. The van der Waals surface area contributed by atoms with Gasteiger partial charge in [-0.05, 0) is 0 Å². The first-order valence-electron chi connectivity index (χ1n) is 5.38. The smallest absolute Gasteiger partial charge is 0.250 e. The minimum absolute atomic E-state index is 0. The van der Waals surface area contributed by atoms with Gasteiger partial charge in [0, 0.05) is 29.5 Å². The zero-order chi connectivity index (χ0) is 11.6. The molecule has 0 radical (unpaired) electrons. The van der Waals surface area contributed by atoms with Crippen molar-refractivity contribution >= 4 is 17.7 Å². The normalized spacial score (nSPS) is 15.3. The van der Waals surface area contributed by atoms with Gasteiger partial charge in [-0.3, -0.25) is 0 Å². The van der Waals surface area contributed by atoms with Crippen molar-refractivity contribution in [2.75, 3.05) is 0 Å². The van der Waals surface area contributed by atoms with Crippen LogP contribution < -0.4 is 21.6 Å². The predicted octanol–water partition coefficient (Wildman–Crippen LogP) is 0.654. The minimum Gasteiger partial charge on any atom is -1.00 e. The summed E-state index contributed by atoms with van der Waals surface area (Å²) in [6.07, 6.45) is 1.73. The third-order valence-corrected chi connectivity index (χ3v) is 2.75. The Balaban J connectivity index is 0.00000120. The molecule has 0 atom stereocenters. The average Bonchev–Trinajstić information content (AvgIpc) is 2.91. The van der Waals surface area contributed by atoms with Crippen molar-refractivity contribution in [3.8, 4) is 0 Å². The van der Waals surface area contributed by atoms with Gasteiger partial charge < -0.3 is 17.0 Å². The molecule has 3 rings (SSSR count). The first-order valence-corrected chi connectivity index (χ1v) is 5.38. The molecule has 0 fully saturated rings. The molecule has 0 N–H and O–H groups in total. The van der Waals surface area contributed by atoms with E-state index in [1.54, 1.807) is 6.34 Å². The van der Waals surface area contributed by atoms with E-state index in [0.717, 1.165) is 11.4 Å². The lowest BCUT2D eigenvalue weighted by Crippen LogP contribution is -3.00. The summed E-state index contributed by atoms with van der Waals surface area (Å²) in [7, 11) is 0. The van der Waals surface area contributed by atoms with Gasteiger partial charge in [0.2, 0.25) is 6.34 Å². The van der Waals surface area contributed by atoms with E-state index in [0.29, 0.717) is 0 Å². The van der Waals surface area contributed by atoms with Crippen molar-refractivity contribution in [1.82, 2.24) is 4.59 Å². The van der Waals surface area contributed by atoms with E-state index < -0.39 is 0 Å². The van der Waals surface area contributed by atoms with Gasteiger partial charge in [0.05, 0.1) is 5.22 Å². The van der Waals surface area contributed by atoms with Crippen molar-refractivity contribution in [3.63, 3.8) is 0 Å². The summed E-state index contributed by atoms with van der Waals surface area (Å²) in [5, 5.41) is 11.9. The number of quaternary nitrogens is 1. The van der Waals surface area contributed by atoms with Gasteiger partial charge in [0.1, 0.15) is 0 Å². The highest BCUT2D eigenvalue weighted by atomic mass is 79.9. The third kappa shape index (κ3) is 1.98. The Kier molecular flexibility index (Phi) is 3.64. The van der Waals surface area contributed by atoms with E-state index in [9.17, 15) is 0 Å². The van der Waals surface area contributed by atoms with Gasteiger partial charge in [-0.25, -0.2) is 0 Å². The summed E-state index contributed by atoms with van der Waals surface area (Å²) in [6.45, 7) is 0. The molecule has 0 bridgehead atoms. The van der Waals surface area contributed by atoms with Crippen LogP contribution in [0.2, 0.25) is 0 Å². The van der Waals surface area contributed by atoms with Gasteiger partial charge in [0.25, 0.3) is 0 Å². The molecule has 0 saturated heterocycles. The molecule has 0 amide bonds. The number of halogens is 1. The fraction of sp³-hybridized carbons (Fsp3) is 0. The van der Waals surface area contributed by atoms with Crippen LogP contribution in [0.15, 0.2) is 76.2 Å². The molecule has 0 aromatic heterocycles. The quantitative estimate of drug-likeness (QED) is 0.731. The lowest BCUT2D eigenvalue weighted by molar-refractivity contribution is -0.00000337. The van der Waals surface area contributed by atoms with Crippen LogP contribution in [0.4, 0.5) is 11.4 Å². The van der Waals surface area contributed by atoms with E-state index >= 15 is 0 Å². The van der Waals surface area contributed by atoms with Gasteiger partial charge >= 0.3 is 0 Å². The second kappa shape index (κ2) is 5.20. The lowest BCUT2D eigenvalue weighted by atomic mass is 10.2. The Bertz CT molecular complexity index is 513. The van der Waals surface area contributed by atoms with Gasteiger partial charge in [-0.15, -0.1) is 0 Å². The van der Waals surface area contributed by atoms with E-state index in [4.69, 9.17) is 0 Å². The second-order valence-electron chi connectivity index (χ2n) is 3.77. The van der Waals surface area contributed by atoms with Crippen LogP contribution in [0.1, 0.15) is 0 Å². The molecule has 0 spiro atoms. The fourth-order valence-corrected chi connectivity index (χ4v) is 1.90. The SMILES string of the molecule is C1=NN=N[N+]1(c1ccccc1)c1ccccc1.[Br-]. The summed E-state index contributed by atoms with van der Waals surface area (Å²) in [5.41, 5.74) is 2.03. The maximum atomic E-state index is 4.25. The Labute approximate surface area is 116 Å². The van der Waals surface area contributed by atoms with Gasteiger partial charge in [0.15, 0.2) is 11.4 Å². The molecule has 0 unspecified atom stereocenters. The monoisotopic (exact) mass is 302 g/mol. The highest BCUT2D eigenvalue weighted by Crippen LogP contribution is 2.35. The summed E-state index contributed by atoms with van der Waals surface area (Å²) >= 11 is 0. The molecule has 5 heteroatoms. The molecular formula is C13H11BrN4. The Morgan fingerprint density at radius 2 is 1.22 bits per heavy atom. The molecule has 1 aliphatic rings. The first-order chi connectivity index (χ1) is 8.42. The first kappa shape index (κ1) is 12.6. The number of hydrogen-bond acceptors (Lipinski definition) is 3. The van der Waals surface area contributed by atoms with Gasteiger partial charge in [-0.1, -0.05) is 46.1 Å². The molecule has 4 nitrogen and oxygen atoms in total. The van der Waals surface area contributed by atoms with Crippen molar-refractivity contribution in [3.05, 3.63) is 60.7 Å². The highest BCUT2D eigenvalue weighted by Gasteiger charge is 2.36. The molecule has 18 heavy (non-hydrogen) atoms. The molecule has 90 valence electrons. The number of nitrogens with zero attached hydrogens (tertiary/aromatic N) is 4. The Hall–Kier alpha value is -1.85. The van der Waals surface area contributed by atoms with Crippen LogP contribution in [0.3, 0.4) is 0 Å². The van der Waals surface area contributed by atoms with E-state index in [1.165, 1.54) is 0 Å². The third-order valence-electron chi connectivity index (χ3n) is 2.75. The molecule has 0 aliphatic carbocycles. The van der Waals surface area contributed by atoms with Crippen molar-refractivity contribution < 1.29 is 17.0 Å². The van der Waals surface area contributed by atoms with Crippen LogP contribution in [-0.4, -0.2) is 6.34 Å². The largest absolute Gasteiger partial charge is 1.00 e. The highest BCUT2D eigenvalue weighted by molar-refractivity contribution is 5.82. The summed E-state index contributed by atoms with van der Waals surface area (Å²) in [6, 6.07) is 20.0. The molecule has 1 heterocycles. The molecule has 0 saturated carbocycles. The Morgan fingerprint density at radius 3 is 1.61 bits per heavy atom. The average molecular weight is 303 g/mol. The predicted molar refractivity (Wildman–Crippen MR) is 67.7 cm³/mol. The van der Waals surface area contributed by atoms with Crippen molar-refractivity contribution in [2.45, 2.75) is 0 Å². The lowest BCUT2D eigenvalue weighted by Gasteiger charge is -2.20. The van der Waals surface area contributed by atoms with Crippen molar-refractivity contribution in [1.29, 1.82) is 0 Å². The summed E-state index contributed by atoms with van der Waals surface area (Å²) < 4.78 is 0.196.